The predicted octanol–water partition coefficient (Wildman–Crippen LogP) is 3.90. The molecular weight excluding hydrogens is 251 g/mol. The molecule has 0 aliphatic carbocycles. The molecule has 0 saturated carbocycles. The second-order valence-corrected chi connectivity index (χ2v) is 4.26. The van der Waals surface area contributed by atoms with E-state index in [1.165, 1.54) is 0 Å². The monoisotopic (exact) mass is 258 g/mol. The van der Waals surface area contributed by atoms with Gasteiger partial charge in [0.2, 0.25) is 0 Å². The molecule has 1 aromatic carbocycles. The van der Waals surface area contributed by atoms with Crippen LogP contribution in [0.2, 0.25) is 5.02 Å². The minimum absolute atomic E-state index is 0.700. The van der Waals surface area contributed by atoms with Crippen LogP contribution in [0, 0.1) is 0 Å². The molecule has 1 aliphatic heterocycles. The maximum absolute atomic E-state index is 5.92. The first-order valence-corrected chi connectivity index (χ1v) is 5.15. The molecule has 1 aromatic rings. The van der Waals surface area contributed by atoms with Crippen LogP contribution < -0.4 is 4.74 Å². The van der Waals surface area contributed by atoms with Crippen molar-refractivity contribution < 1.29 is 4.74 Å². The fraction of sp³-hybridized carbons (Fsp3) is 0.200. The quantitative estimate of drug-likeness (QED) is 0.687. The van der Waals surface area contributed by atoms with E-state index in [0.717, 1.165) is 27.8 Å². The predicted molar refractivity (Wildman–Crippen MR) is 58.3 cm³/mol. The van der Waals surface area contributed by atoms with Crippen molar-refractivity contribution in [2.24, 2.45) is 0 Å². The molecule has 0 atom stereocenters. The highest BCUT2D eigenvalue weighted by Crippen LogP contribution is 2.39. The molecule has 2 rings (SSSR count). The molecule has 0 aromatic heterocycles. The lowest BCUT2D eigenvalue weighted by molar-refractivity contribution is 0.314. The third-order valence-electron chi connectivity index (χ3n) is 2.04. The molecule has 1 nitrogen and oxygen atoms in total. The minimum atomic E-state index is 0.700. The Morgan fingerprint density at radius 2 is 2.23 bits per heavy atom. The van der Waals surface area contributed by atoms with Gasteiger partial charge in [0.1, 0.15) is 5.75 Å². The van der Waals surface area contributed by atoms with E-state index in [1.54, 1.807) is 0 Å². The SMILES string of the molecule is C=C1CCOc2c(Br)cc(Cl)cc21. The maximum atomic E-state index is 5.92. The zero-order valence-corrected chi connectivity index (χ0v) is 9.28. The Kier molecular flexibility index (Phi) is 2.35. The third kappa shape index (κ3) is 1.61. The number of hydrogen-bond donors (Lipinski definition) is 0. The molecule has 0 unspecified atom stereocenters. The van der Waals surface area contributed by atoms with Gasteiger partial charge in [-0.2, -0.15) is 0 Å². The number of rotatable bonds is 0. The standard InChI is InChI=1S/C10H8BrClO/c1-6-2-3-13-10-8(6)4-7(12)5-9(10)11/h4-5H,1-3H2. The summed E-state index contributed by atoms with van der Waals surface area (Å²) in [4.78, 5) is 0. The fourth-order valence-electron chi connectivity index (χ4n) is 1.38. The van der Waals surface area contributed by atoms with Crippen LogP contribution in [-0.2, 0) is 0 Å². The molecule has 13 heavy (non-hydrogen) atoms. The Labute approximate surface area is 90.5 Å². The first-order chi connectivity index (χ1) is 6.18. The maximum Gasteiger partial charge on any atom is 0.141 e. The number of ether oxygens (including phenoxy) is 1. The van der Waals surface area contributed by atoms with E-state index < -0.39 is 0 Å². The Morgan fingerprint density at radius 3 is 3.00 bits per heavy atom. The molecule has 0 N–H and O–H groups in total. The zero-order valence-electron chi connectivity index (χ0n) is 6.94. The lowest BCUT2D eigenvalue weighted by Crippen LogP contribution is -2.07. The van der Waals surface area contributed by atoms with E-state index in [2.05, 4.69) is 22.5 Å². The van der Waals surface area contributed by atoms with Crippen LogP contribution in [0.4, 0.5) is 0 Å². The van der Waals surface area contributed by atoms with Crippen molar-refractivity contribution >= 4 is 33.1 Å². The van der Waals surface area contributed by atoms with Crippen LogP contribution in [0.5, 0.6) is 5.75 Å². The summed E-state index contributed by atoms with van der Waals surface area (Å²) < 4.78 is 6.41. The van der Waals surface area contributed by atoms with Crippen LogP contribution in [0.25, 0.3) is 5.57 Å². The molecule has 0 bridgehead atoms. The molecule has 1 aliphatic rings. The van der Waals surface area contributed by atoms with Gasteiger partial charge in [-0.05, 0) is 33.6 Å². The van der Waals surface area contributed by atoms with Gasteiger partial charge in [-0.25, -0.2) is 0 Å². The molecular formula is C10H8BrClO. The first-order valence-electron chi connectivity index (χ1n) is 3.98. The second-order valence-electron chi connectivity index (χ2n) is 2.97. The van der Waals surface area contributed by atoms with Gasteiger partial charge in [0, 0.05) is 17.0 Å². The highest BCUT2D eigenvalue weighted by molar-refractivity contribution is 9.10. The smallest absolute Gasteiger partial charge is 0.141 e. The summed E-state index contributed by atoms with van der Waals surface area (Å²) in [5, 5.41) is 0.706. The topological polar surface area (TPSA) is 9.23 Å². The van der Waals surface area contributed by atoms with E-state index in [4.69, 9.17) is 16.3 Å². The highest BCUT2D eigenvalue weighted by Gasteiger charge is 2.17. The van der Waals surface area contributed by atoms with Gasteiger partial charge in [0.05, 0.1) is 11.1 Å². The van der Waals surface area contributed by atoms with E-state index in [-0.39, 0.29) is 0 Å². The summed E-state index contributed by atoms with van der Waals surface area (Å²) in [6.45, 7) is 4.68. The zero-order chi connectivity index (χ0) is 9.42. The van der Waals surface area contributed by atoms with Crippen molar-refractivity contribution in [2.75, 3.05) is 6.61 Å². The second kappa shape index (κ2) is 3.35. The van der Waals surface area contributed by atoms with Gasteiger partial charge in [-0.3, -0.25) is 0 Å². The number of halogens is 2. The molecule has 68 valence electrons. The third-order valence-corrected chi connectivity index (χ3v) is 2.85. The van der Waals surface area contributed by atoms with E-state index in [1.807, 2.05) is 12.1 Å². The molecule has 0 radical (unpaired) electrons. The lowest BCUT2D eigenvalue weighted by atomic mass is 10.0. The van der Waals surface area contributed by atoms with Crippen molar-refractivity contribution in [1.29, 1.82) is 0 Å². The van der Waals surface area contributed by atoms with E-state index in [9.17, 15) is 0 Å². The van der Waals surface area contributed by atoms with Gasteiger partial charge >= 0.3 is 0 Å². The van der Waals surface area contributed by atoms with Gasteiger partial charge in [0.25, 0.3) is 0 Å². The molecule has 0 spiro atoms. The molecule has 0 fully saturated rings. The van der Waals surface area contributed by atoms with E-state index in [0.29, 0.717) is 11.6 Å². The molecule has 0 amide bonds. The van der Waals surface area contributed by atoms with Gasteiger partial charge in [0.15, 0.2) is 0 Å². The van der Waals surface area contributed by atoms with Crippen LogP contribution >= 0.6 is 27.5 Å². The minimum Gasteiger partial charge on any atom is -0.491 e. The van der Waals surface area contributed by atoms with Crippen molar-refractivity contribution in [1.82, 2.24) is 0 Å². The van der Waals surface area contributed by atoms with Gasteiger partial charge in [-0.15, -0.1) is 0 Å². The number of benzene rings is 1. The van der Waals surface area contributed by atoms with Crippen LogP contribution in [0.1, 0.15) is 12.0 Å². The first kappa shape index (κ1) is 9.10. The van der Waals surface area contributed by atoms with Crippen molar-refractivity contribution in [3.05, 3.63) is 33.8 Å². The van der Waals surface area contributed by atoms with Crippen LogP contribution in [0.3, 0.4) is 0 Å². The Morgan fingerprint density at radius 1 is 1.46 bits per heavy atom. The average molecular weight is 260 g/mol. The number of hydrogen-bond acceptors (Lipinski definition) is 1. The Hall–Kier alpha value is -0.470. The highest BCUT2D eigenvalue weighted by atomic mass is 79.9. The van der Waals surface area contributed by atoms with Crippen molar-refractivity contribution in [3.63, 3.8) is 0 Å². The molecule has 0 saturated heterocycles. The molecule has 1 heterocycles. The van der Waals surface area contributed by atoms with Crippen LogP contribution in [-0.4, -0.2) is 6.61 Å². The average Bonchev–Trinajstić information content (AvgIpc) is 2.07. The van der Waals surface area contributed by atoms with Gasteiger partial charge < -0.3 is 4.74 Å². The molecule has 3 heteroatoms. The summed E-state index contributed by atoms with van der Waals surface area (Å²) in [7, 11) is 0. The normalized spacial score (nSPS) is 15.1. The van der Waals surface area contributed by atoms with Crippen molar-refractivity contribution in [2.45, 2.75) is 6.42 Å². The Balaban J connectivity index is 2.63. The summed E-state index contributed by atoms with van der Waals surface area (Å²) in [6.07, 6.45) is 0.875. The van der Waals surface area contributed by atoms with Crippen LogP contribution in [0.15, 0.2) is 23.2 Å². The Bertz CT molecular complexity index is 373. The number of fused-ring (bicyclic) bond motifs is 1. The van der Waals surface area contributed by atoms with Crippen molar-refractivity contribution in [3.8, 4) is 5.75 Å². The largest absolute Gasteiger partial charge is 0.491 e. The van der Waals surface area contributed by atoms with Gasteiger partial charge in [-0.1, -0.05) is 18.2 Å². The lowest BCUT2D eigenvalue weighted by Gasteiger charge is -2.20. The fourth-order valence-corrected chi connectivity index (χ4v) is 2.31. The summed E-state index contributed by atoms with van der Waals surface area (Å²) in [6, 6.07) is 3.72. The summed E-state index contributed by atoms with van der Waals surface area (Å²) in [5.41, 5.74) is 2.11. The van der Waals surface area contributed by atoms with E-state index >= 15 is 0 Å². The summed E-state index contributed by atoms with van der Waals surface area (Å²) >= 11 is 9.33. The summed E-state index contributed by atoms with van der Waals surface area (Å²) in [5.74, 6) is 0.862.